The van der Waals surface area contributed by atoms with Gasteiger partial charge in [0.2, 0.25) is 10.0 Å². The minimum Gasteiger partial charge on any atom is -0.467 e. The van der Waals surface area contributed by atoms with Crippen molar-refractivity contribution >= 4 is 45.0 Å². The van der Waals surface area contributed by atoms with Crippen LogP contribution in [0.15, 0.2) is 58.0 Å². The summed E-state index contributed by atoms with van der Waals surface area (Å²) >= 11 is 6.06. The number of ketones is 1. The summed E-state index contributed by atoms with van der Waals surface area (Å²) in [5.74, 6) is -3.47. The smallest absolute Gasteiger partial charge is 0.340 e. The Morgan fingerprint density at radius 3 is 2.38 bits per heavy atom. The number of primary sulfonamides is 1. The van der Waals surface area contributed by atoms with Gasteiger partial charge in [-0.15, -0.1) is 0 Å². The standard InChI is InChI=1S/C27H28ClF2N3O8S/c1-15(33-16(2)26(35)17-8-18(29)10-19(30)9-17)14-41-25(34)5-7-40-27(36)21-11-24(42(31,37)38)22(28)12-23(21)32-13-20-4-3-6-39-20/h3-4,6,8-12,15-16,32-33H,5,7,13-14H2,1-2H3,(H2,31,37,38)/t15-,16+/m0/s1. The summed E-state index contributed by atoms with van der Waals surface area (Å²) in [6.07, 6.45) is 1.12. The Hall–Kier alpha value is -3.85. The van der Waals surface area contributed by atoms with Crippen molar-refractivity contribution in [2.45, 2.75) is 43.8 Å². The number of halogens is 3. The second-order valence-corrected chi connectivity index (χ2v) is 11.1. The molecule has 0 aliphatic heterocycles. The third-order valence-corrected chi connectivity index (χ3v) is 7.12. The third-order valence-electron chi connectivity index (χ3n) is 5.74. The van der Waals surface area contributed by atoms with Gasteiger partial charge in [-0.05, 0) is 50.2 Å². The summed E-state index contributed by atoms with van der Waals surface area (Å²) in [7, 11) is -4.27. The molecule has 0 saturated heterocycles. The Bertz CT molecular complexity index is 1530. The summed E-state index contributed by atoms with van der Waals surface area (Å²) in [5, 5.41) is 10.8. The van der Waals surface area contributed by atoms with Crippen LogP contribution in [0.3, 0.4) is 0 Å². The van der Waals surface area contributed by atoms with Gasteiger partial charge in [0.1, 0.15) is 35.5 Å². The van der Waals surface area contributed by atoms with E-state index >= 15 is 0 Å². The molecule has 11 nitrogen and oxygen atoms in total. The molecule has 3 aromatic rings. The Labute approximate surface area is 245 Å². The number of hydrogen-bond donors (Lipinski definition) is 3. The average Bonchev–Trinajstić information content (AvgIpc) is 3.42. The minimum absolute atomic E-state index is 0.139. The molecular formula is C27H28ClF2N3O8S. The molecule has 0 saturated carbocycles. The quantitative estimate of drug-likeness (QED) is 0.177. The molecule has 226 valence electrons. The first-order chi connectivity index (χ1) is 19.7. The van der Waals surface area contributed by atoms with E-state index in [0.717, 1.165) is 18.2 Å². The fourth-order valence-corrected chi connectivity index (χ4v) is 4.87. The molecule has 0 spiro atoms. The highest BCUT2D eigenvalue weighted by molar-refractivity contribution is 7.89. The van der Waals surface area contributed by atoms with E-state index in [1.54, 1.807) is 19.1 Å². The molecule has 0 aliphatic carbocycles. The lowest BCUT2D eigenvalue weighted by Gasteiger charge is -2.19. The average molecular weight is 628 g/mol. The maximum atomic E-state index is 13.4. The Morgan fingerprint density at radius 1 is 1.07 bits per heavy atom. The summed E-state index contributed by atoms with van der Waals surface area (Å²) in [6, 6.07) is 6.67. The number of nitrogens with one attached hydrogen (secondary N) is 2. The number of benzene rings is 2. The lowest BCUT2D eigenvalue weighted by molar-refractivity contribution is -0.145. The van der Waals surface area contributed by atoms with Crippen molar-refractivity contribution in [1.82, 2.24) is 5.32 Å². The van der Waals surface area contributed by atoms with Gasteiger partial charge in [0.05, 0.1) is 41.5 Å². The number of carbonyl (C=O) groups excluding carboxylic acids is 3. The van der Waals surface area contributed by atoms with Gasteiger partial charge in [-0.25, -0.2) is 27.1 Å². The zero-order chi connectivity index (χ0) is 31.0. The number of esters is 2. The van der Waals surface area contributed by atoms with Gasteiger partial charge >= 0.3 is 11.9 Å². The van der Waals surface area contributed by atoms with Crippen molar-refractivity contribution in [2.24, 2.45) is 5.14 Å². The van der Waals surface area contributed by atoms with Crippen LogP contribution in [0, 0.1) is 11.6 Å². The van der Waals surface area contributed by atoms with Gasteiger partial charge in [-0.1, -0.05) is 11.6 Å². The SMILES string of the molecule is C[C@@H](COC(=O)CCOC(=O)c1cc(S(N)(=O)=O)c(Cl)cc1NCc1ccco1)N[C@H](C)C(=O)c1cc(F)cc(F)c1. The molecule has 0 amide bonds. The predicted octanol–water partition coefficient (Wildman–Crippen LogP) is 3.81. The van der Waals surface area contributed by atoms with Crippen LogP contribution in [-0.4, -0.2) is 51.4 Å². The molecule has 0 fully saturated rings. The number of sulfonamides is 1. The van der Waals surface area contributed by atoms with Crippen LogP contribution in [0.4, 0.5) is 14.5 Å². The van der Waals surface area contributed by atoms with Crippen molar-refractivity contribution in [1.29, 1.82) is 0 Å². The van der Waals surface area contributed by atoms with Crippen LogP contribution in [0.25, 0.3) is 0 Å². The minimum atomic E-state index is -4.27. The highest BCUT2D eigenvalue weighted by Gasteiger charge is 2.23. The van der Waals surface area contributed by atoms with Crippen molar-refractivity contribution in [3.8, 4) is 0 Å². The van der Waals surface area contributed by atoms with E-state index in [0.29, 0.717) is 11.8 Å². The molecule has 2 aromatic carbocycles. The summed E-state index contributed by atoms with van der Waals surface area (Å²) in [6.45, 7) is 2.71. The van der Waals surface area contributed by atoms with Crippen molar-refractivity contribution in [2.75, 3.05) is 18.5 Å². The van der Waals surface area contributed by atoms with Crippen molar-refractivity contribution in [3.05, 3.63) is 82.3 Å². The molecule has 0 aliphatic rings. The topological polar surface area (TPSA) is 167 Å². The molecule has 15 heteroatoms. The van der Waals surface area contributed by atoms with Crippen LogP contribution in [-0.2, 0) is 30.8 Å². The van der Waals surface area contributed by atoms with E-state index in [-0.39, 0.29) is 41.4 Å². The summed E-state index contributed by atoms with van der Waals surface area (Å²) < 4.78 is 66.2. The second kappa shape index (κ2) is 14.4. The van der Waals surface area contributed by atoms with E-state index in [2.05, 4.69) is 10.6 Å². The number of anilines is 1. The van der Waals surface area contributed by atoms with E-state index < -0.39 is 63.0 Å². The van der Waals surface area contributed by atoms with Crippen molar-refractivity contribution in [3.63, 3.8) is 0 Å². The molecule has 1 aromatic heterocycles. The lowest BCUT2D eigenvalue weighted by atomic mass is 10.0. The molecule has 0 bridgehead atoms. The molecule has 2 atom stereocenters. The monoisotopic (exact) mass is 627 g/mol. The normalized spacial score (nSPS) is 12.8. The Morgan fingerprint density at radius 2 is 1.76 bits per heavy atom. The van der Waals surface area contributed by atoms with Crippen LogP contribution in [0.5, 0.6) is 0 Å². The number of nitrogens with two attached hydrogens (primary N) is 1. The first-order valence-corrected chi connectivity index (χ1v) is 14.4. The largest absolute Gasteiger partial charge is 0.467 e. The first-order valence-electron chi connectivity index (χ1n) is 12.5. The fourth-order valence-electron chi connectivity index (χ4n) is 3.77. The van der Waals surface area contributed by atoms with E-state index in [1.165, 1.54) is 19.3 Å². The van der Waals surface area contributed by atoms with Crippen LogP contribution < -0.4 is 15.8 Å². The summed E-state index contributed by atoms with van der Waals surface area (Å²) in [5.41, 5.74) is -0.200. The van der Waals surface area contributed by atoms with Crippen LogP contribution in [0.2, 0.25) is 5.02 Å². The fraction of sp³-hybridized carbons (Fsp3) is 0.296. The molecule has 0 radical (unpaired) electrons. The van der Waals surface area contributed by atoms with Gasteiger partial charge in [-0.2, -0.15) is 0 Å². The first kappa shape index (κ1) is 32.7. The van der Waals surface area contributed by atoms with Gasteiger partial charge < -0.3 is 24.5 Å². The van der Waals surface area contributed by atoms with Gasteiger partial charge in [0.25, 0.3) is 0 Å². The van der Waals surface area contributed by atoms with Crippen molar-refractivity contribution < 1.29 is 45.5 Å². The Balaban J connectivity index is 1.52. The lowest BCUT2D eigenvalue weighted by Crippen LogP contribution is -2.42. The van der Waals surface area contributed by atoms with Gasteiger partial charge in [0.15, 0.2) is 5.78 Å². The highest BCUT2D eigenvalue weighted by Crippen LogP contribution is 2.29. The molecule has 4 N–H and O–H groups in total. The van der Waals surface area contributed by atoms with E-state index in [1.807, 2.05) is 0 Å². The van der Waals surface area contributed by atoms with E-state index in [9.17, 15) is 31.6 Å². The van der Waals surface area contributed by atoms with Crippen LogP contribution >= 0.6 is 11.6 Å². The number of ether oxygens (including phenoxy) is 2. The number of rotatable bonds is 14. The van der Waals surface area contributed by atoms with Gasteiger partial charge in [-0.3, -0.25) is 9.59 Å². The number of Topliss-reactive ketones (excluding diaryl/α,β-unsaturated/α-hetero) is 1. The predicted molar refractivity (Wildman–Crippen MR) is 147 cm³/mol. The van der Waals surface area contributed by atoms with Crippen LogP contribution in [0.1, 0.15) is 46.7 Å². The number of furan rings is 1. The molecular weight excluding hydrogens is 600 g/mol. The number of carbonyl (C=O) groups is 3. The zero-order valence-electron chi connectivity index (χ0n) is 22.5. The Kier molecular flexibility index (Phi) is 11.2. The molecule has 1 heterocycles. The maximum Gasteiger partial charge on any atom is 0.340 e. The maximum absolute atomic E-state index is 13.4. The third kappa shape index (κ3) is 9.34. The number of hydrogen-bond acceptors (Lipinski definition) is 10. The highest BCUT2D eigenvalue weighted by atomic mass is 35.5. The molecule has 3 rings (SSSR count). The van der Waals surface area contributed by atoms with Gasteiger partial charge in [0, 0.05) is 17.7 Å². The van der Waals surface area contributed by atoms with E-state index in [4.69, 9.17) is 30.6 Å². The summed E-state index contributed by atoms with van der Waals surface area (Å²) in [4.78, 5) is 37.0. The molecule has 0 unspecified atom stereocenters. The zero-order valence-corrected chi connectivity index (χ0v) is 24.1. The second-order valence-electron chi connectivity index (χ2n) is 9.19. The molecule has 42 heavy (non-hydrogen) atoms.